The summed E-state index contributed by atoms with van der Waals surface area (Å²) in [5.41, 5.74) is 1.26. The average molecular weight is 405 g/mol. The molecule has 1 aliphatic carbocycles. The number of halogens is 2. The van der Waals surface area contributed by atoms with E-state index in [1.54, 1.807) is 4.57 Å². The number of anilines is 1. The molecule has 4 nitrogen and oxygen atoms in total. The number of rotatable bonds is 7. The van der Waals surface area contributed by atoms with E-state index >= 15 is 0 Å². The van der Waals surface area contributed by atoms with E-state index in [2.05, 4.69) is 4.90 Å². The van der Waals surface area contributed by atoms with Crippen molar-refractivity contribution < 1.29 is 9.13 Å². The molecule has 2 aliphatic rings. The van der Waals surface area contributed by atoms with Gasteiger partial charge in [-0.2, -0.15) is 0 Å². The second-order valence-electron chi connectivity index (χ2n) is 7.80. The third-order valence-electron chi connectivity index (χ3n) is 5.90. The van der Waals surface area contributed by atoms with E-state index in [1.807, 2.05) is 42.6 Å². The summed E-state index contributed by atoms with van der Waals surface area (Å²) in [6.07, 6.45) is 5.69. The van der Waals surface area contributed by atoms with Gasteiger partial charge in [0.1, 0.15) is 11.7 Å². The molecule has 2 aromatic rings. The number of aromatic nitrogens is 1. The van der Waals surface area contributed by atoms with Gasteiger partial charge in [-0.25, -0.2) is 4.39 Å². The maximum absolute atomic E-state index is 12.8. The van der Waals surface area contributed by atoms with Gasteiger partial charge in [0.25, 0.3) is 5.56 Å². The minimum absolute atomic E-state index is 0.0901. The van der Waals surface area contributed by atoms with Gasteiger partial charge in [-0.05, 0) is 43.2 Å². The Morgan fingerprint density at radius 2 is 1.86 bits per heavy atom. The van der Waals surface area contributed by atoms with Crippen molar-refractivity contribution in [2.75, 3.05) is 31.3 Å². The number of benzene rings is 1. The van der Waals surface area contributed by atoms with Crippen LogP contribution in [-0.2, 0) is 16.9 Å². The molecule has 0 amide bonds. The first-order valence-electron chi connectivity index (χ1n) is 10.0. The molecule has 2 fully saturated rings. The molecule has 150 valence electrons. The predicted octanol–water partition coefficient (Wildman–Crippen LogP) is 4.39. The highest BCUT2D eigenvalue weighted by Crippen LogP contribution is 2.39. The smallest absolute Gasteiger partial charge is 0.271 e. The van der Waals surface area contributed by atoms with Crippen molar-refractivity contribution in [2.24, 2.45) is 5.92 Å². The van der Waals surface area contributed by atoms with Crippen LogP contribution in [0.4, 0.5) is 10.1 Å². The van der Waals surface area contributed by atoms with E-state index in [1.165, 1.54) is 12.8 Å². The summed E-state index contributed by atoms with van der Waals surface area (Å²) >= 11 is 6.45. The summed E-state index contributed by atoms with van der Waals surface area (Å²) in [7, 11) is 0. The van der Waals surface area contributed by atoms with Gasteiger partial charge in [0.05, 0.1) is 17.9 Å². The first-order valence-corrected chi connectivity index (χ1v) is 10.4. The van der Waals surface area contributed by atoms with Crippen LogP contribution >= 0.6 is 11.6 Å². The van der Waals surface area contributed by atoms with Gasteiger partial charge in [-0.3, -0.25) is 4.79 Å². The molecular weight excluding hydrogens is 379 g/mol. The number of hydrogen-bond donors (Lipinski definition) is 0. The van der Waals surface area contributed by atoms with E-state index in [0.29, 0.717) is 24.0 Å². The van der Waals surface area contributed by atoms with Crippen LogP contribution in [0.1, 0.15) is 31.2 Å². The molecule has 1 aromatic heterocycles. The summed E-state index contributed by atoms with van der Waals surface area (Å²) in [5.74, 6) is 0.619. The van der Waals surface area contributed by atoms with Crippen molar-refractivity contribution in [1.29, 1.82) is 0 Å². The minimum atomic E-state index is -0.497. The largest absolute Gasteiger partial charge is 0.370 e. The lowest BCUT2D eigenvalue weighted by Gasteiger charge is -2.43. The molecule has 0 unspecified atom stereocenters. The fourth-order valence-corrected chi connectivity index (χ4v) is 4.40. The van der Waals surface area contributed by atoms with Gasteiger partial charge in [0.2, 0.25) is 0 Å². The van der Waals surface area contributed by atoms with Crippen molar-refractivity contribution >= 4 is 17.3 Å². The third-order valence-corrected chi connectivity index (χ3v) is 6.26. The van der Waals surface area contributed by atoms with Crippen LogP contribution in [0.3, 0.4) is 0 Å². The maximum atomic E-state index is 12.8. The lowest BCUT2D eigenvalue weighted by atomic mass is 9.84. The van der Waals surface area contributed by atoms with E-state index < -0.39 is 12.3 Å². The van der Waals surface area contributed by atoms with E-state index in [4.69, 9.17) is 16.3 Å². The molecule has 6 heteroatoms. The molecule has 1 aromatic carbocycles. The second-order valence-corrected chi connectivity index (χ2v) is 8.18. The van der Waals surface area contributed by atoms with Crippen molar-refractivity contribution in [3.8, 4) is 0 Å². The zero-order valence-electron chi connectivity index (χ0n) is 15.9. The van der Waals surface area contributed by atoms with Crippen LogP contribution in [0.2, 0.25) is 5.02 Å². The van der Waals surface area contributed by atoms with Crippen LogP contribution in [0, 0.1) is 5.92 Å². The predicted molar refractivity (Wildman–Crippen MR) is 110 cm³/mol. The molecule has 2 heterocycles. The Bertz CT molecular complexity index is 859. The van der Waals surface area contributed by atoms with E-state index in [0.717, 1.165) is 30.6 Å². The third kappa shape index (κ3) is 3.96. The number of nitrogens with zero attached hydrogens (tertiary/aromatic N) is 2. The molecule has 1 aliphatic heterocycles. The fourth-order valence-electron chi connectivity index (χ4n) is 4.10. The Balaban J connectivity index is 1.52. The van der Waals surface area contributed by atoms with Crippen LogP contribution in [-0.4, -0.2) is 30.9 Å². The topological polar surface area (TPSA) is 34.5 Å². The van der Waals surface area contributed by atoms with Crippen LogP contribution in [0.25, 0.3) is 0 Å². The summed E-state index contributed by atoms with van der Waals surface area (Å²) < 4.78 is 20.6. The monoisotopic (exact) mass is 404 g/mol. The molecule has 28 heavy (non-hydrogen) atoms. The van der Waals surface area contributed by atoms with Crippen molar-refractivity contribution in [3.05, 3.63) is 63.5 Å². The first kappa shape index (κ1) is 19.5. The number of piperidine rings is 1. The Labute approximate surface area is 169 Å². The molecule has 1 saturated carbocycles. The highest BCUT2D eigenvalue weighted by atomic mass is 35.5. The second kappa shape index (κ2) is 8.26. The van der Waals surface area contributed by atoms with Crippen molar-refractivity contribution in [3.63, 3.8) is 0 Å². The van der Waals surface area contributed by atoms with Crippen molar-refractivity contribution in [2.45, 2.75) is 37.8 Å². The van der Waals surface area contributed by atoms with E-state index in [-0.39, 0.29) is 12.2 Å². The zero-order valence-corrected chi connectivity index (χ0v) is 16.7. The Morgan fingerprint density at radius 3 is 2.50 bits per heavy atom. The van der Waals surface area contributed by atoms with Crippen LogP contribution < -0.4 is 10.5 Å². The van der Waals surface area contributed by atoms with Crippen LogP contribution in [0.15, 0.2) is 47.4 Å². The Kier molecular flexibility index (Phi) is 5.74. The molecule has 0 bridgehead atoms. The summed E-state index contributed by atoms with van der Waals surface area (Å²) in [5, 5.41) is 0.292. The van der Waals surface area contributed by atoms with Gasteiger partial charge in [-0.1, -0.05) is 41.9 Å². The van der Waals surface area contributed by atoms with Crippen LogP contribution in [0.5, 0.6) is 0 Å². The molecule has 1 saturated heterocycles. The Morgan fingerprint density at radius 1 is 1.14 bits per heavy atom. The average Bonchev–Trinajstić information content (AvgIpc) is 3.55. The van der Waals surface area contributed by atoms with Crippen molar-refractivity contribution in [1.82, 2.24) is 4.57 Å². The fraction of sp³-hybridized carbons (Fsp3) is 0.500. The van der Waals surface area contributed by atoms with Gasteiger partial charge >= 0.3 is 0 Å². The molecule has 0 atom stereocenters. The molecule has 4 rings (SSSR count). The zero-order chi connectivity index (χ0) is 19.6. The summed E-state index contributed by atoms with van der Waals surface area (Å²) in [6, 6.07) is 12.0. The number of hydrogen-bond acceptors (Lipinski definition) is 3. The lowest BCUT2D eigenvalue weighted by Crippen LogP contribution is -2.45. The standard InChI is InChI=1S/C22H26ClFN2O2/c23-20-19(8-12-26(21(20)27)16-17-6-7-17)25-13-9-22(10-14-25,28-15-11-24)18-4-2-1-3-5-18/h1-5,8,12,17H,6-7,9-11,13-16H2. The highest BCUT2D eigenvalue weighted by molar-refractivity contribution is 6.33. The number of pyridine rings is 1. The number of alkyl halides is 1. The lowest BCUT2D eigenvalue weighted by molar-refractivity contribution is -0.0715. The van der Waals surface area contributed by atoms with Gasteiger partial charge in [0.15, 0.2) is 0 Å². The van der Waals surface area contributed by atoms with Gasteiger partial charge in [-0.15, -0.1) is 0 Å². The SMILES string of the molecule is O=c1c(Cl)c(N2CCC(OCCF)(c3ccccc3)CC2)ccn1CC1CC1. The van der Waals surface area contributed by atoms with Gasteiger partial charge < -0.3 is 14.2 Å². The molecular formula is C22H26ClFN2O2. The minimum Gasteiger partial charge on any atom is -0.370 e. The summed E-state index contributed by atoms with van der Waals surface area (Å²) in [6.45, 7) is 1.75. The first-order chi connectivity index (χ1) is 13.6. The Hall–Kier alpha value is -1.85. The van der Waals surface area contributed by atoms with Gasteiger partial charge in [0, 0.05) is 25.8 Å². The summed E-state index contributed by atoms with van der Waals surface area (Å²) in [4.78, 5) is 14.8. The molecule has 0 radical (unpaired) electrons. The van der Waals surface area contributed by atoms with E-state index in [9.17, 15) is 9.18 Å². The number of ether oxygens (including phenoxy) is 1. The molecule has 0 N–H and O–H groups in total. The normalized spacial score (nSPS) is 19.0. The highest BCUT2D eigenvalue weighted by Gasteiger charge is 2.37. The molecule has 0 spiro atoms. The quantitative estimate of drug-likeness (QED) is 0.686. The maximum Gasteiger partial charge on any atom is 0.271 e.